The van der Waals surface area contributed by atoms with E-state index in [1.807, 2.05) is 12.1 Å². The molecule has 2 heterocycles. The summed E-state index contributed by atoms with van der Waals surface area (Å²) in [6.45, 7) is 5.12. The molecule has 0 amide bonds. The number of ether oxygens (including phenoxy) is 2. The van der Waals surface area contributed by atoms with Gasteiger partial charge in [-0.2, -0.15) is 0 Å². The number of nitrogens with zero attached hydrogens (tertiary/aromatic N) is 2. The minimum absolute atomic E-state index is 0.515. The molecule has 0 radical (unpaired) electrons. The third-order valence-corrected chi connectivity index (χ3v) is 3.06. The van der Waals surface area contributed by atoms with E-state index in [0.29, 0.717) is 19.1 Å². The lowest BCUT2D eigenvalue weighted by Crippen LogP contribution is -2.05. The second-order valence-electron chi connectivity index (χ2n) is 4.84. The zero-order valence-electron chi connectivity index (χ0n) is 12.7. The summed E-state index contributed by atoms with van der Waals surface area (Å²) >= 11 is 0. The summed E-state index contributed by atoms with van der Waals surface area (Å²) < 4.78 is 12.6. The van der Waals surface area contributed by atoms with Crippen LogP contribution in [0.3, 0.4) is 0 Å². The standard InChI is InChI=1S/C16H23N3O2/c1-3-7-19-8-6-14(13-19)11-17-15-4-5-16(18-12-15)21-10-9-20-2/h4-6,8,12-13,17H,3,7,9-11H2,1-2H3. The highest BCUT2D eigenvalue weighted by Crippen LogP contribution is 2.13. The molecule has 0 aliphatic carbocycles. The van der Waals surface area contributed by atoms with Crippen molar-refractivity contribution in [2.24, 2.45) is 0 Å². The van der Waals surface area contributed by atoms with Crippen molar-refractivity contribution in [2.45, 2.75) is 26.4 Å². The van der Waals surface area contributed by atoms with E-state index in [0.717, 1.165) is 25.2 Å². The van der Waals surface area contributed by atoms with E-state index in [9.17, 15) is 0 Å². The van der Waals surface area contributed by atoms with Gasteiger partial charge in [-0.15, -0.1) is 0 Å². The summed E-state index contributed by atoms with van der Waals surface area (Å²) in [5, 5.41) is 3.35. The topological polar surface area (TPSA) is 48.3 Å². The van der Waals surface area contributed by atoms with Gasteiger partial charge in [-0.3, -0.25) is 0 Å². The maximum absolute atomic E-state index is 5.43. The number of hydrogen-bond donors (Lipinski definition) is 1. The van der Waals surface area contributed by atoms with E-state index in [4.69, 9.17) is 9.47 Å². The Morgan fingerprint density at radius 2 is 2.14 bits per heavy atom. The summed E-state index contributed by atoms with van der Waals surface area (Å²) in [5.41, 5.74) is 2.25. The molecule has 0 bridgehead atoms. The van der Waals surface area contributed by atoms with Gasteiger partial charge in [-0.05, 0) is 24.1 Å². The third-order valence-electron chi connectivity index (χ3n) is 3.06. The molecule has 0 fully saturated rings. The Balaban J connectivity index is 1.79. The predicted molar refractivity (Wildman–Crippen MR) is 83.7 cm³/mol. The van der Waals surface area contributed by atoms with Crippen LogP contribution in [0.15, 0.2) is 36.8 Å². The summed E-state index contributed by atoms with van der Waals surface area (Å²) in [5.74, 6) is 0.617. The average molecular weight is 289 g/mol. The van der Waals surface area contributed by atoms with E-state index in [1.165, 1.54) is 5.56 Å². The molecular formula is C16H23N3O2. The van der Waals surface area contributed by atoms with Gasteiger partial charge in [-0.25, -0.2) is 4.98 Å². The fourth-order valence-electron chi connectivity index (χ4n) is 2.00. The van der Waals surface area contributed by atoms with E-state index in [2.05, 4.69) is 40.3 Å². The van der Waals surface area contributed by atoms with Crippen LogP contribution in [-0.2, 0) is 17.8 Å². The summed E-state index contributed by atoms with van der Waals surface area (Å²) in [6, 6.07) is 5.97. The Morgan fingerprint density at radius 1 is 1.24 bits per heavy atom. The Morgan fingerprint density at radius 3 is 2.86 bits per heavy atom. The maximum Gasteiger partial charge on any atom is 0.213 e. The zero-order chi connectivity index (χ0) is 14.9. The smallest absolute Gasteiger partial charge is 0.213 e. The molecule has 2 aromatic heterocycles. The highest BCUT2D eigenvalue weighted by Gasteiger charge is 1.99. The molecule has 0 aromatic carbocycles. The lowest BCUT2D eigenvalue weighted by atomic mass is 10.3. The van der Waals surface area contributed by atoms with Gasteiger partial charge in [0.2, 0.25) is 5.88 Å². The van der Waals surface area contributed by atoms with Gasteiger partial charge in [0, 0.05) is 38.7 Å². The van der Waals surface area contributed by atoms with E-state index in [-0.39, 0.29) is 0 Å². The first-order valence-electron chi connectivity index (χ1n) is 7.28. The van der Waals surface area contributed by atoms with Crippen LogP contribution in [0.2, 0.25) is 0 Å². The number of anilines is 1. The average Bonchev–Trinajstić information content (AvgIpc) is 2.95. The number of aromatic nitrogens is 2. The first kappa shape index (κ1) is 15.4. The molecular weight excluding hydrogens is 266 g/mol. The van der Waals surface area contributed by atoms with Crippen molar-refractivity contribution < 1.29 is 9.47 Å². The monoisotopic (exact) mass is 289 g/mol. The SMILES string of the molecule is CCCn1ccc(CNc2ccc(OCCOC)nc2)c1. The molecule has 0 aliphatic heterocycles. The van der Waals surface area contributed by atoms with E-state index < -0.39 is 0 Å². The molecule has 0 saturated heterocycles. The van der Waals surface area contributed by atoms with Gasteiger partial charge < -0.3 is 19.4 Å². The van der Waals surface area contributed by atoms with E-state index >= 15 is 0 Å². The van der Waals surface area contributed by atoms with Gasteiger partial charge in [-0.1, -0.05) is 6.92 Å². The third kappa shape index (κ3) is 5.11. The number of hydrogen-bond acceptors (Lipinski definition) is 4. The van der Waals surface area contributed by atoms with E-state index in [1.54, 1.807) is 13.3 Å². The largest absolute Gasteiger partial charge is 0.475 e. The van der Waals surface area contributed by atoms with Crippen LogP contribution in [0.25, 0.3) is 0 Å². The predicted octanol–water partition coefficient (Wildman–Crippen LogP) is 2.93. The van der Waals surface area contributed by atoms with Gasteiger partial charge in [0.1, 0.15) is 6.61 Å². The Kier molecular flexibility index (Phi) is 6.09. The van der Waals surface area contributed by atoms with Crippen molar-refractivity contribution in [3.05, 3.63) is 42.4 Å². The van der Waals surface area contributed by atoms with Crippen LogP contribution in [0.4, 0.5) is 5.69 Å². The molecule has 2 aromatic rings. The Hall–Kier alpha value is -2.01. The van der Waals surface area contributed by atoms with Crippen molar-refractivity contribution in [3.8, 4) is 5.88 Å². The molecule has 5 nitrogen and oxygen atoms in total. The maximum atomic E-state index is 5.43. The quantitative estimate of drug-likeness (QED) is 0.721. The fraction of sp³-hybridized carbons (Fsp3) is 0.438. The molecule has 114 valence electrons. The van der Waals surface area contributed by atoms with Crippen molar-refractivity contribution >= 4 is 5.69 Å². The molecule has 0 atom stereocenters. The summed E-state index contributed by atoms with van der Waals surface area (Å²) in [6.07, 6.45) is 7.22. The minimum atomic E-state index is 0.515. The summed E-state index contributed by atoms with van der Waals surface area (Å²) in [7, 11) is 1.65. The van der Waals surface area contributed by atoms with Crippen molar-refractivity contribution in [1.82, 2.24) is 9.55 Å². The van der Waals surface area contributed by atoms with Crippen LogP contribution in [0.5, 0.6) is 5.88 Å². The van der Waals surface area contributed by atoms with Gasteiger partial charge in [0.15, 0.2) is 0 Å². The second-order valence-corrected chi connectivity index (χ2v) is 4.84. The fourth-order valence-corrected chi connectivity index (χ4v) is 2.00. The Bertz CT molecular complexity index is 523. The molecule has 0 spiro atoms. The lowest BCUT2D eigenvalue weighted by molar-refractivity contribution is 0.144. The number of aryl methyl sites for hydroxylation is 1. The molecule has 0 aliphatic rings. The van der Waals surface area contributed by atoms with Crippen LogP contribution in [0, 0.1) is 0 Å². The summed E-state index contributed by atoms with van der Waals surface area (Å²) in [4.78, 5) is 4.25. The van der Waals surface area contributed by atoms with Gasteiger partial charge in [0.25, 0.3) is 0 Å². The highest BCUT2D eigenvalue weighted by atomic mass is 16.5. The Labute approximate surface area is 125 Å². The number of methoxy groups -OCH3 is 1. The first-order chi connectivity index (χ1) is 10.3. The van der Waals surface area contributed by atoms with Crippen LogP contribution in [-0.4, -0.2) is 29.9 Å². The zero-order valence-corrected chi connectivity index (χ0v) is 12.7. The molecule has 5 heteroatoms. The van der Waals surface area contributed by atoms with Crippen molar-refractivity contribution in [3.63, 3.8) is 0 Å². The number of pyridine rings is 1. The van der Waals surface area contributed by atoms with Gasteiger partial charge in [0.05, 0.1) is 18.5 Å². The molecule has 0 saturated carbocycles. The van der Waals surface area contributed by atoms with Crippen molar-refractivity contribution in [2.75, 3.05) is 25.6 Å². The lowest BCUT2D eigenvalue weighted by Gasteiger charge is -2.07. The minimum Gasteiger partial charge on any atom is -0.475 e. The van der Waals surface area contributed by atoms with Crippen LogP contribution >= 0.6 is 0 Å². The molecule has 2 rings (SSSR count). The van der Waals surface area contributed by atoms with Crippen LogP contribution in [0.1, 0.15) is 18.9 Å². The molecule has 0 unspecified atom stereocenters. The molecule has 21 heavy (non-hydrogen) atoms. The number of rotatable bonds is 9. The second kappa shape index (κ2) is 8.32. The van der Waals surface area contributed by atoms with Crippen LogP contribution < -0.4 is 10.1 Å². The number of nitrogens with one attached hydrogen (secondary N) is 1. The van der Waals surface area contributed by atoms with Gasteiger partial charge >= 0.3 is 0 Å². The highest BCUT2D eigenvalue weighted by molar-refractivity contribution is 5.42. The normalized spacial score (nSPS) is 10.6. The first-order valence-corrected chi connectivity index (χ1v) is 7.28. The molecule has 1 N–H and O–H groups in total. The van der Waals surface area contributed by atoms with Crippen molar-refractivity contribution in [1.29, 1.82) is 0 Å².